The summed E-state index contributed by atoms with van der Waals surface area (Å²) in [4.78, 5) is 14.0. The zero-order chi connectivity index (χ0) is 15.1. The molecule has 0 spiro atoms. The van der Waals surface area contributed by atoms with Crippen LogP contribution in [-0.2, 0) is 9.53 Å². The Morgan fingerprint density at radius 2 is 2.24 bits per heavy atom. The molecule has 0 aromatic heterocycles. The fourth-order valence-electron chi connectivity index (χ4n) is 2.35. The van der Waals surface area contributed by atoms with Gasteiger partial charge < -0.3 is 9.64 Å². The Labute approximate surface area is 125 Å². The van der Waals surface area contributed by atoms with E-state index in [9.17, 15) is 4.79 Å². The molecule has 110 valence electrons. The van der Waals surface area contributed by atoms with Gasteiger partial charge in [0, 0.05) is 25.8 Å². The molecule has 4 nitrogen and oxygen atoms in total. The second-order valence-electron chi connectivity index (χ2n) is 5.08. The number of hydrogen-bond donors (Lipinski definition) is 0. The van der Waals surface area contributed by atoms with Gasteiger partial charge in [0.2, 0.25) is 5.91 Å². The summed E-state index contributed by atoms with van der Waals surface area (Å²) < 4.78 is 5.58. The molecule has 1 heterocycles. The molecule has 1 fully saturated rings. The number of likely N-dealkylation sites (N-methyl/N-ethyl adjacent to an activating group) is 1. The van der Waals surface area contributed by atoms with Crippen LogP contribution in [0.3, 0.4) is 0 Å². The van der Waals surface area contributed by atoms with Gasteiger partial charge in [-0.25, -0.2) is 0 Å². The number of rotatable bonds is 5. The number of nitrogens with zero attached hydrogens (tertiary/aromatic N) is 2. The van der Waals surface area contributed by atoms with Crippen LogP contribution >= 0.6 is 0 Å². The van der Waals surface area contributed by atoms with Crippen molar-refractivity contribution in [2.24, 2.45) is 0 Å². The Morgan fingerprint density at radius 1 is 1.48 bits per heavy atom. The molecule has 0 bridgehead atoms. The van der Waals surface area contributed by atoms with Gasteiger partial charge in [-0.3, -0.25) is 4.79 Å². The van der Waals surface area contributed by atoms with E-state index in [-0.39, 0.29) is 12.0 Å². The lowest BCUT2D eigenvalue weighted by atomic mass is 10.1. The summed E-state index contributed by atoms with van der Waals surface area (Å²) in [6.07, 6.45) is 5.65. The van der Waals surface area contributed by atoms with Crippen molar-refractivity contribution in [1.29, 1.82) is 5.26 Å². The smallest absolute Gasteiger partial charge is 0.246 e. The third kappa shape index (κ3) is 4.44. The van der Waals surface area contributed by atoms with E-state index in [2.05, 4.69) is 6.07 Å². The van der Waals surface area contributed by atoms with Crippen LogP contribution in [0.5, 0.6) is 0 Å². The minimum absolute atomic E-state index is 0.00244. The predicted octanol–water partition coefficient (Wildman–Crippen LogP) is 2.60. The molecule has 1 aliphatic rings. The van der Waals surface area contributed by atoms with Gasteiger partial charge in [-0.1, -0.05) is 12.1 Å². The van der Waals surface area contributed by atoms with Crippen molar-refractivity contribution in [2.45, 2.75) is 25.9 Å². The van der Waals surface area contributed by atoms with Gasteiger partial charge in [0.1, 0.15) is 0 Å². The first kappa shape index (κ1) is 15.3. The second-order valence-corrected chi connectivity index (χ2v) is 5.08. The second kappa shape index (κ2) is 7.61. The molecule has 1 amide bonds. The van der Waals surface area contributed by atoms with Crippen LogP contribution in [0.2, 0.25) is 0 Å². The first-order valence-electron chi connectivity index (χ1n) is 7.31. The molecule has 0 saturated carbocycles. The Balaban J connectivity index is 1.93. The van der Waals surface area contributed by atoms with E-state index < -0.39 is 0 Å². The van der Waals surface area contributed by atoms with Crippen LogP contribution in [0.15, 0.2) is 30.3 Å². The van der Waals surface area contributed by atoms with Crippen molar-refractivity contribution in [3.63, 3.8) is 0 Å². The van der Waals surface area contributed by atoms with Gasteiger partial charge in [-0.05, 0) is 43.5 Å². The summed E-state index contributed by atoms with van der Waals surface area (Å²) in [6, 6.07) is 9.23. The summed E-state index contributed by atoms with van der Waals surface area (Å²) >= 11 is 0. The molecule has 1 aromatic carbocycles. The standard InChI is InChI=1S/C17H20N2O2/c1-2-19(13-16-4-3-11-21-16)17(20)10-9-14-5-7-15(12-18)8-6-14/h5-10,16H,2-4,11,13H2,1H3/b10-9+/t16-/m0/s1. The van der Waals surface area contributed by atoms with E-state index in [1.807, 2.05) is 19.1 Å². The summed E-state index contributed by atoms with van der Waals surface area (Å²) in [5.41, 5.74) is 1.53. The monoisotopic (exact) mass is 284 g/mol. The average molecular weight is 284 g/mol. The molecule has 1 aliphatic heterocycles. The molecule has 4 heteroatoms. The fraction of sp³-hybridized carbons (Fsp3) is 0.412. The zero-order valence-electron chi connectivity index (χ0n) is 12.3. The van der Waals surface area contributed by atoms with Crippen LogP contribution in [0.1, 0.15) is 30.9 Å². The normalized spacial score (nSPS) is 17.8. The van der Waals surface area contributed by atoms with Gasteiger partial charge in [0.15, 0.2) is 0 Å². The van der Waals surface area contributed by atoms with E-state index in [0.717, 1.165) is 25.0 Å². The maximum absolute atomic E-state index is 12.2. The summed E-state index contributed by atoms with van der Waals surface area (Å²) in [5.74, 6) is -0.00244. The average Bonchev–Trinajstić information content (AvgIpc) is 3.03. The van der Waals surface area contributed by atoms with Gasteiger partial charge in [0.25, 0.3) is 0 Å². The van der Waals surface area contributed by atoms with Crippen molar-refractivity contribution in [1.82, 2.24) is 4.90 Å². The lowest BCUT2D eigenvalue weighted by Gasteiger charge is -2.22. The molecule has 1 aromatic rings. The molecule has 1 saturated heterocycles. The van der Waals surface area contributed by atoms with Crippen molar-refractivity contribution >= 4 is 12.0 Å². The van der Waals surface area contributed by atoms with Crippen LogP contribution in [0, 0.1) is 11.3 Å². The van der Waals surface area contributed by atoms with Gasteiger partial charge in [0.05, 0.1) is 17.7 Å². The maximum Gasteiger partial charge on any atom is 0.246 e. The van der Waals surface area contributed by atoms with E-state index in [1.54, 1.807) is 29.2 Å². The van der Waals surface area contributed by atoms with Crippen molar-refractivity contribution in [3.8, 4) is 6.07 Å². The number of ether oxygens (including phenoxy) is 1. The Bertz CT molecular complexity index is 537. The lowest BCUT2D eigenvalue weighted by Crippen LogP contribution is -2.36. The lowest BCUT2D eigenvalue weighted by molar-refractivity contribution is -0.127. The van der Waals surface area contributed by atoms with Crippen LogP contribution in [0.25, 0.3) is 6.08 Å². The minimum Gasteiger partial charge on any atom is -0.376 e. The van der Waals surface area contributed by atoms with Gasteiger partial charge in [-0.2, -0.15) is 5.26 Å². The largest absolute Gasteiger partial charge is 0.376 e. The number of carbonyl (C=O) groups excluding carboxylic acids is 1. The molecule has 0 N–H and O–H groups in total. The predicted molar refractivity (Wildman–Crippen MR) is 81.4 cm³/mol. The number of amides is 1. The van der Waals surface area contributed by atoms with Crippen LogP contribution in [0.4, 0.5) is 0 Å². The minimum atomic E-state index is -0.00244. The Morgan fingerprint density at radius 3 is 2.81 bits per heavy atom. The molecule has 0 unspecified atom stereocenters. The van der Waals surface area contributed by atoms with Crippen molar-refractivity contribution < 1.29 is 9.53 Å². The van der Waals surface area contributed by atoms with Crippen molar-refractivity contribution in [3.05, 3.63) is 41.5 Å². The quantitative estimate of drug-likeness (QED) is 0.781. The first-order valence-corrected chi connectivity index (χ1v) is 7.31. The number of benzene rings is 1. The molecule has 0 radical (unpaired) electrons. The highest BCUT2D eigenvalue weighted by molar-refractivity contribution is 5.91. The van der Waals surface area contributed by atoms with E-state index >= 15 is 0 Å². The topological polar surface area (TPSA) is 53.3 Å². The fourth-order valence-corrected chi connectivity index (χ4v) is 2.35. The zero-order valence-corrected chi connectivity index (χ0v) is 12.3. The molecular weight excluding hydrogens is 264 g/mol. The SMILES string of the molecule is CCN(C[C@@H]1CCCO1)C(=O)/C=C/c1ccc(C#N)cc1. The number of carbonyl (C=O) groups is 1. The van der Waals surface area contributed by atoms with Crippen LogP contribution < -0.4 is 0 Å². The summed E-state index contributed by atoms with van der Waals surface area (Å²) in [6.45, 7) is 4.11. The highest BCUT2D eigenvalue weighted by Gasteiger charge is 2.20. The van der Waals surface area contributed by atoms with Crippen LogP contribution in [-0.4, -0.2) is 36.6 Å². The summed E-state index contributed by atoms with van der Waals surface area (Å²) in [5, 5.41) is 8.75. The number of hydrogen-bond acceptors (Lipinski definition) is 3. The number of nitriles is 1. The van der Waals surface area contributed by atoms with Gasteiger partial charge in [-0.15, -0.1) is 0 Å². The maximum atomic E-state index is 12.2. The summed E-state index contributed by atoms with van der Waals surface area (Å²) in [7, 11) is 0. The van der Waals surface area contributed by atoms with Gasteiger partial charge >= 0.3 is 0 Å². The highest BCUT2D eigenvalue weighted by Crippen LogP contribution is 2.14. The molecular formula is C17H20N2O2. The van der Waals surface area contributed by atoms with Crippen molar-refractivity contribution in [2.75, 3.05) is 19.7 Å². The highest BCUT2D eigenvalue weighted by atomic mass is 16.5. The van der Waals surface area contributed by atoms with E-state index in [0.29, 0.717) is 18.7 Å². The molecule has 2 rings (SSSR count). The Kier molecular flexibility index (Phi) is 5.53. The molecule has 1 atom stereocenters. The molecule has 0 aliphatic carbocycles. The molecule has 21 heavy (non-hydrogen) atoms. The first-order chi connectivity index (χ1) is 10.2. The third-order valence-electron chi connectivity index (χ3n) is 3.60. The van der Waals surface area contributed by atoms with E-state index in [4.69, 9.17) is 10.00 Å². The van der Waals surface area contributed by atoms with E-state index in [1.165, 1.54) is 0 Å². The Hall–Kier alpha value is -2.12. The third-order valence-corrected chi connectivity index (χ3v) is 3.60.